The van der Waals surface area contributed by atoms with Crippen LogP contribution in [-0.4, -0.2) is 65.6 Å². The van der Waals surface area contributed by atoms with Crippen LogP contribution in [0.4, 0.5) is 5.69 Å². The van der Waals surface area contributed by atoms with E-state index < -0.39 is 32.0 Å². The zero-order chi connectivity index (χ0) is 25.8. The van der Waals surface area contributed by atoms with Crippen molar-refractivity contribution in [3.8, 4) is 5.75 Å². The molecule has 9 nitrogen and oxygen atoms in total. The minimum absolute atomic E-state index is 0.117. The summed E-state index contributed by atoms with van der Waals surface area (Å²) in [6, 6.07) is 9.98. The Labute approximate surface area is 212 Å². The van der Waals surface area contributed by atoms with Crippen molar-refractivity contribution in [2.45, 2.75) is 37.6 Å². The summed E-state index contributed by atoms with van der Waals surface area (Å²) in [5.41, 5.74) is 1.00. The summed E-state index contributed by atoms with van der Waals surface area (Å²) in [4.78, 5) is 12.9. The van der Waals surface area contributed by atoms with Crippen LogP contribution in [0.25, 0.3) is 0 Å². The first kappa shape index (κ1) is 27.3. The molecule has 12 heteroatoms. The number of amides is 1. The van der Waals surface area contributed by atoms with Gasteiger partial charge in [0.25, 0.3) is 0 Å². The fourth-order valence-electron chi connectivity index (χ4n) is 3.88. The highest BCUT2D eigenvalue weighted by atomic mass is 35.5. The van der Waals surface area contributed by atoms with Crippen molar-refractivity contribution >= 4 is 43.2 Å². The van der Waals surface area contributed by atoms with Crippen LogP contribution in [0.1, 0.15) is 25.3 Å². The second-order valence-corrected chi connectivity index (χ2v) is 12.6. The van der Waals surface area contributed by atoms with Crippen LogP contribution in [0.5, 0.6) is 5.75 Å². The van der Waals surface area contributed by atoms with Gasteiger partial charge in [0.1, 0.15) is 18.4 Å². The van der Waals surface area contributed by atoms with Gasteiger partial charge in [-0.3, -0.25) is 9.10 Å². The predicted molar refractivity (Wildman–Crippen MR) is 136 cm³/mol. The third-order valence-electron chi connectivity index (χ3n) is 5.69. The molecule has 0 spiro atoms. The van der Waals surface area contributed by atoms with Crippen LogP contribution in [0, 0.1) is 6.92 Å². The van der Waals surface area contributed by atoms with E-state index in [2.05, 4.69) is 5.32 Å². The summed E-state index contributed by atoms with van der Waals surface area (Å²) in [7, 11) is -7.26. The molecule has 1 aliphatic heterocycles. The molecule has 1 fully saturated rings. The molecule has 2 aromatic carbocycles. The molecular weight excluding hydrogens is 514 g/mol. The van der Waals surface area contributed by atoms with E-state index in [1.807, 2.05) is 0 Å². The molecule has 1 saturated heterocycles. The highest BCUT2D eigenvalue weighted by molar-refractivity contribution is 7.92. The first-order valence-corrected chi connectivity index (χ1v) is 14.8. The fourth-order valence-corrected chi connectivity index (χ4v) is 6.78. The highest BCUT2D eigenvalue weighted by Gasteiger charge is 2.30. The van der Waals surface area contributed by atoms with E-state index in [0.717, 1.165) is 23.4 Å². The number of benzene rings is 2. The van der Waals surface area contributed by atoms with Gasteiger partial charge in [-0.1, -0.05) is 17.7 Å². The van der Waals surface area contributed by atoms with Crippen LogP contribution < -0.4 is 14.4 Å². The van der Waals surface area contributed by atoms with E-state index in [-0.39, 0.29) is 18.0 Å². The summed E-state index contributed by atoms with van der Waals surface area (Å²) in [5.74, 6) is -0.0366. The highest BCUT2D eigenvalue weighted by Crippen LogP contribution is 2.28. The average Bonchev–Trinajstić information content (AvgIpc) is 3.34. The van der Waals surface area contributed by atoms with E-state index in [1.165, 1.54) is 29.4 Å². The molecule has 0 bridgehead atoms. The SMILES string of the molecule is Cc1ccc(Cl)cc1N([C@H](C)C(=O)NCCOc1ccc(S(=O)(=O)N2CCCC2)cc1)S(C)(=O)=O. The lowest BCUT2D eigenvalue weighted by Crippen LogP contribution is -2.48. The largest absolute Gasteiger partial charge is 0.492 e. The second-order valence-electron chi connectivity index (χ2n) is 8.39. The number of hydrogen-bond acceptors (Lipinski definition) is 6. The topological polar surface area (TPSA) is 113 Å². The Balaban J connectivity index is 1.57. The molecule has 0 radical (unpaired) electrons. The molecule has 1 aliphatic rings. The zero-order valence-corrected chi connectivity index (χ0v) is 22.3. The Morgan fingerprint density at radius 2 is 1.74 bits per heavy atom. The number of aryl methyl sites for hydroxylation is 1. The Morgan fingerprint density at radius 1 is 1.11 bits per heavy atom. The van der Waals surface area contributed by atoms with E-state index in [0.29, 0.717) is 35.1 Å². The molecule has 1 amide bonds. The number of ether oxygens (including phenoxy) is 1. The maximum absolute atomic E-state index is 12.7. The van der Waals surface area contributed by atoms with E-state index in [4.69, 9.17) is 16.3 Å². The Morgan fingerprint density at radius 3 is 2.34 bits per heavy atom. The minimum atomic E-state index is -3.77. The molecule has 0 aliphatic carbocycles. The van der Waals surface area contributed by atoms with Crippen molar-refractivity contribution in [3.05, 3.63) is 53.1 Å². The van der Waals surface area contributed by atoms with E-state index >= 15 is 0 Å². The van der Waals surface area contributed by atoms with E-state index in [1.54, 1.807) is 31.2 Å². The third-order valence-corrected chi connectivity index (χ3v) is 9.07. The van der Waals surface area contributed by atoms with Crippen LogP contribution in [0.2, 0.25) is 5.02 Å². The molecular formula is C23H30ClN3O6S2. The lowest BCUT2D eigenvalue weighted by Gasteiger charge is -2.29. The van der Waals surface area contributed by atoms with Crippen molar-refractivity contribution in [1.82, 2.24) is 9.62 Å². The Kier molecular flexibility index (Phi) is 8.68. The maximum Gasteiger partial charge on any atom is 0.243 e. The van der Waals surface area contributed by atoms with Gasteiger partial charge in [0, 0.05) is 18.1 Å². The summed E-state index contributed by atoms with van der Waals surface area (Å²) >= 11 is 6.05. The van der Waals surface area contributed by atoms with Crippen molar-refractivity contribution in [1.29, 1.82) is 0 Å². The Bertz CT molecular complexity index is 1260. The number of anilines is 1. The number of hydrogen-bond donors (Lipinski definition) is 1. The third kappa shape index (κ3) is 6.66. The first-order chi connectivity index (χ1) is 16.4. The van der Waals surface area contributed by atoms with E-state index in [9.17, 15) is 21.6 Å². The van der Waals surface area contributed by atoms with Crippen molar-refractivity contribution in [2.75, 3.05) is 36.8 Å². The molecule has 1 atom stereocenters. The number of rotatable bonds is 10. The van der Waals surface area contributed by atoms with Gasteiger partial charge in [-0.2, -0.15) is 4.31 Å². The van der Waals surface area contributed by atoms with Gasteiger partial charge in [-0.25, -0.2) is 16.8 Å². The molecule has 1 heterocycles. The van der Waals surface area contributed by atoms with Crippen LogP contribution in [0.3, 0.4) is 0 Å². The van der Waals surface area contributed by atoms with Gasteiger partial charge in [-0.05, 0) is 68.7 Å². The predicted octanol–water partition coefficient (Wildman–Crippen LogP) is 2.78. The standard InChI is InChI=1S/C23H30ClN3O6S2/c1-17-6-7-19(24)16-22(17)27(34(3,29)30)18(2)23(28)25-12-15-33-20-8-10-21(11-9-20)35(31,32)26-13-4-5-14-26/h6-11,16,18H,4-5,12-15H2,1-3H3,(H,25,28)/t18-/m1/s1. The number of halogens is 1. The molecule has 2 aromatic rings. The molecule has 3 rings (SSSR count). The van der Waals surface area contributed by atoms with Crippen molar-refractivity contribution in [3.63, 3.8) is 0 Å². The molecule has 0 aromatic heterocycles. The summed E-state index contributed by atoms with van der Waals surface area (Å²) in [6.07, 6.45) is 2.77. The number of nitrogens with one attached hydrogen (secondary N) is 1. The minimum Gasteiger partial charge on any atom is -0.492 e. The number of carbonyl (C=O) groups is 1. The number of nitrogens with zero attached hydrogens (tertiary/aromatic N) is 2. The van der Waals surface area contributed by atoms with Crippen LogP contribution in [-0.2, 0) is 24.8 Å². The van der Waals surface area contributed by atoms with Crippen LogP contribution >= 0.6 is 11.6 Å². The first-order valence-electron chi connectivity index (χ1n) is 11.2. The van der Waals surface area contributed by atoms with Gasteiger partial charge >= 0.3 is 0 Å². The summed E-state index contributed by atoms with van der Waals surface area (Å²) < 4.78 is 58.3. The Hall–Kier alpha value is -2.34. The van der Waals surface area contributed by atoms with Gasteiger partial charge in [0.2, 0.25) is 26.0 Å². The summed E-state index contributed by atoms with van der Waals surface area (Å²) in [6.45, 7) is 4.55. The smallest absolute Gasteiger partial charge is 0.243 e. The monoisotopic (exact) mass is 543 g/mol. The maximum atomic E-state index is 12.7. The quantitative estimate of drug-likeness (QED) is 0.461. The molecule has 0 unspecified atom stereocenters. The summed E-state index contributed by atoms with van der Waals surface area (Å²) in [5, 5.41) is 3.04. The molecule has 1 N–H and O–H groups in total. The fraction of sp³-hybridized carbons (Fsp3) is 0.435. The number of carbonyl (C=O) groups excluding carboxylic acids is 1. The van der Waals surface area contributed by atoms with Gasteiger partial charge in [-0.15, -0.1) is 0 Å². The zero-order valence-electron chi connectivity index (χ0n) is 19.9. The normalized spacial score (nSPS) is 15.5. The number of sulfonamides is 2. The second kappa shape index (κ2) is 11.2. The van der Waals surface area contributed by atoms with Crippen molar-refractivity contribution in [2.24, 2.45) is 0 Å². The van der Waals surface area contributed by atoms with Gasteiger partial charge in [0.05, 0.1) is 23.4 Å². The lowest BCUT2D eigenvalue weighted by atomic mass is 10.2. The van der Waals surface area contributed by atoms with Crippen molar-refractivity contribution < 1.29 is 26.4 Å². The lowest BCUT2D eigenvalue weighted by molar-refractivity contribution is -0.121. The molecule has 192 valence electrons. The van der Waals surface area contributed by atoms with Gasteiger partial charge in [0.15, 0.2) is 0 Å². The van der Waals surface area contributed by atoms with Crippen LogP contribution in [0.15, 0.2) is 47.4 Å². The van der Waals surface area contributed by atoms with Gasteiger partial charge < -0.3 is 10.1 Å². The molecule has 35 heavy (non-hydrogen) atoms. The average molecular weight is 544 g/mol. The molecule has 0 saturated carbocycles.